The number of pyridine rings is 1. The van der Waals surface area contributed by atoms with E-state index in [-0.39, 0.29) is 17.6 Å². The highest BCUT2D eigenvalue weighted by molar-refractivity contribution is 6.09. The maximum Gasteiger partial charge on any atom is 0.255 e. The van der Waals surface area contributed by atoms with Gasteiger partial charge in [0.2, 0.25) is 0 Å². The smallest absolute Gasteiger partial charge is 0.255 e. The van der Waals surface area contributed by atoms with Crippen molar-refractivity contribution in [1.29, 1.82) is 0 Å². The lowest BCUT2D eigenvalue weighted by Gasteiger charge is -2.36. The average molecular weight is 456 g/mol. The summed E-state index contributed by atoms with van der Waals surface area (Å²) in [6, 6.07) is 16.6. The molecule has 1 aliphatic heterocycles. The van der Waals surface area contributed by atoms with Crippen LogP contribution in [-0.2, 0) is 9.59 Å². The monoisotopic (exact) mass is 455 g/mol. The SMILES string of the molecule is COc1ccccc1[C@@H]1C(C(=O)Nc2ccccn2)=C(C)NC2=C1C(=O)C[C@H](c1ccco1)C2. The van der Waals surface area contributed by atoms with Gasteiger partial charge < -0.3 is 19.8 Å². The third-order valence-corrected chi connectivity index (χ3v) is 6.37. The summed E-state index contributed by atoms with van der Waals surface area (Å²) in [6.07, 6.45) is 4.18. The van der Waals surface area contributed by atoms with E-state index in [1.54, 1.807) is 37.8 Å². The number of nitrogens with one attached hydrogen (secondary N) is 2. The molecule has 2 atom stereocenters. The number of dihydropyridines is 1. The van der Waals surface area contributed by atoms with Gasteiger partial charge in [0.05, 0.1) is 19.3 Å². The molecule has 2 N–H and O–H groups in total. The van der Waals surface area contributed by atoms with Crippen molar-refractivity contribution in [3.8, 4) is 5.75 Å². The predicted molar refractivity (Wildman–Crippen MR) is 127 cm³/mol. The Morgan fingerprint density at radius 1 is 1.12 bits per heavy atom. The molecule has 0 saturated heterocycles. The first kappa shape index (κ1) is 21.7. The van der Waals surface area contributed by atoms with E-state index in [0.717, 1.165) is 17.0 Å². The van der Waals surface area contributed by atoms with Crippen LogP contribution in [0.2, 0.25) is 0 Å². The summed E-state index contributed by atoms with van der Waals surface area (Å²) in [5, 5.41) is 6.25. The summed E-state index contributed by atoms with van der Waals surface area (Å²) in [5.41, 5.74) is 3.36. The van der Waals surface area contributed by atoms with Crippen molar-refractivity contribution in [2.45, 2.75) is 31.6 Å². The van der Waals surface area contributed by atoms with Gasteiger partial charge in [-0.05, 0) is 43.7 Å². The molecule has 0 saturated carbocycles. The van der Waals surface area contributed by atoms with Gasteiger partial charge in [-0.3, -0.25) is 9.59 Å². The molecule has 0 radical (unpaired) electrons. The predicted octanol–water partition coefficient (Wildman–Crippen LogP) is 4.68. The lowest BCUT2D eigenvalue weighted by atomic mass is 9.72. The zero-order chi connectivity index (χ0) is 23.7. The minimum atomic E-state index is -0.568. The fourth-order valence-corrected chi connectivity index (χ4v) is 4.90. The van der Waals surface area contributed by atoms with Gasteiger partial charge in [-0.1, -0.05) is 24.3 Å². The molecule has 34 heavy (non-hydrogen) atoms. The second-order valence-electron chi connectivity index (χ2n) is 8.44. The van der Waals surface area contributed by atoms with Crippen molar-refractivity contribution in [2.24, 2.45) is 0 Å². The number of hydrogen-bond acceptors (Lipinski definition) is 6. The normalized spacial score (nSPS) is 20.0. The van der Waals surface area contributed by atoms with Crippen LogP contribution in [0.5, 0.6) is 5.75 Å². The molecule has 1 amide bonds. The molecular weight excluding hydrogens is 430 g/mol. The first-order valence-electron chi connectivity index (χ1n) is 11.2. The number of benzene rings is 1. The molecule has 0 spiro atoms. The second-order valence-corrected chi connectivity index (χ2v) is 8.44. The fourth-order valence-electron chi connectivity index (χ4n) is 4.90. The maximum absolute atomic E-state index is 13.6. The third-order valence-electron chi connectivity index (χ3n) is 6.37. The number of methoxy groups -OCH3 is 1. The van der Waals surface area contributed by atoms with E-state index in [4.69, 9.17) is 9.15 Å². The van der Waals surface area contributed by atoms with E-state index < -0.39 is 5.92 Å². The van der Waals surface area contributed by atoms with Crippen LogP contribution < -0.4 is 15.4 Å². The highest BCUT2D eigenvalue weighted by Crippen LogP contribution is 2.47. The zero-order valence-corrected chi connectivity index (χ0v) is 19.0. The molecule has 2 aromatic heterocycles. The summed E-state index contributed by atoms with van der Waals surface area (Å²) in [6.45, 7) is 1.86. The van der Waals surface area contributed by atoms with Crippen molar-refractivity contribution in [3.05, 3.63) is 101 Å². The highest BCUT2D eigenvalue weighted by atomic mass is 16.5. The summed E-state index contributed by atoms with van der Waals surface area (Å²) in [7, 11) is 1.59. The molecule has 7 nitrogen and oxygen atoms in total. The van der Waals surface area contributed by atoms with E-state index in [9.17, 15) is 9.59 Å². The number of rotatable bonds is 5. The Hall–Kier alpha value is -4.13. The van der Waals surface area contributed by atoms with Crippen LogP contribution in [0.1, 0.15) is 42.9 Å². The van der Waals surface area contributed by atoms with Crippen molar-refractivity contribution in [3.63, 3.8) is 0 Å². The van der Waals surface area contributed by atoms with E-state index in [2.05, 4.69) is 15.6 Å². The number of hydrogen-bond donors (Lipinski definition) is 2. The number of carbonyl (C=O) groups is 2. The standard InChI is InChI=1S/C27H25N3O4/c1-16-24(27(32)30-23-11-5-6-12-28-23)25(18-8-3-4-9-22(18)33-2)26-19(29-16)14-17(15-20(26)31)21-10-7-13-34-21/h3-13,17,25,29H,14-15H2,1-2H3,(H,28,30,32)/t17-,25-/m1/s1. The van der Waals surface area contributed by atoms with Gasteiger partial charge in [0.25, 0.3) is 5.91 Å². The fraction of sp³-hybridized carbons (Fsp3) is 0.222. The number of ketones is 1. The Morgan fingerprint density at radius 2 is 1.94 bits per heavy atom. The van der Waals surface area contributed by atoms with Crippen molar-refractivity contribution >= 4 is 17.5 Å². The molecule has 5 rings (SSSR count). The molecule has 0 bridgehead atoms. The lowest BCUT2D eigenvalue weighted by Crippen LogP contribution is -2.37. The minimum absolute atomic E-state index is 0.0123. The van der Waals surface area contributed by atoms with Crippen LogP contribution >= 0.6 is 0 Å². The zero-order valence-electron chi connectivity index (χ0n) is 19.0. The first-order valence-corrected chi connectivity index (χ1v) is 11.2. The van der Waals surface area contributed by atoms with E-state index in [1.807, 2.05) is 43.3 Å². The van der Waals surface area contributed by atoms with E-state index in [0.29, 0.717) is 41.3 Å². The van der Waals surface area contributed by atoms with Crippen molar-refractivity contribution in [2.75, 3.05) is 12.4 Å². The van der Waals surface area contributed by atoms with Gasteiger partial charge in [0.1, 0.15) is 17.3 Å². The van der Waals surface area contributed by atoms with Gasteiger partial charge in [-0.25, -0.2) is 4.98 Å². The molecular formula is C27H25N3O4. The molecule has 3 aromatic rings. The largest absolute Gasteiger partial charge is 0.496 e. The van der Waals surface area contributed by atoms with Crippen molar-refractivity contribution < 1.29 is 18.7 Å². The molecule has 2 aliphatic rings. The molecule has 3 heterocycles. The quantitative estimate of drug-likeness (QED) is 0.580. The Bertz CT molecular complexity index is 1290. The summed E-state index contributed by atoms with van der Waals surface area (Å²) in [4.78, 5) is 31.4. The van der Waals surface area contributed by atoms with Gasteiger partial charge in [0, 0.05) is 46.6 Å². The molecule has 1 aliphatic carbocycles. The summed E-state index contributed by atoms with van der Waals surface area (Å²) >= 11 is 0. The number of aromatic nitrogens is 1. The average Bonchev–Trinajstić information content (AvgIpc) is 3.39. The number of allylic oxidation sites excluding steroid dienone is 3. The van der Waals surface area contributed by atoms with Crippen molar-refractivity contribution in [1.82, 2.24) is 10.3 Å². The molecule has 7 heteroatoms. The minimum Gasteiger partial charge on any atom is -0.496 e. The number of Topliss-reactive ketones (excluding diaryl/α,β-unsaturated/α-hetero) is 1. The van der Waals surface area contributed by atoms with Crippen LogP contribution in [0.4, 0.5) is 5.82 Å². The molecule has 172 valence electrons. The molecule has 1 aromatic carbocycles. The van der Waals surface area contributed by atoms with E-state index >= 15 is 0 Å². The Kier molecular flexibility index (Phi) is 5.76. The second kappa shape index (κ2) is 9.02. The number of carbonyl (C=O) groups excluding carboxylic acids is 2. The Labute approximate surface area is 197 Å². The summed E-state index contributed by atoms with van der Waals surface area (Å²) < 4.78 is 11.2. The Balaban J connectivity index is 1.60. The lowest BCUT2D eigenvalue weighted by molar-refractivity contribution is -0.116. The Morgan fingerprint density at radius 3 is 2.68 bits per heavy atom. The number of nitrogens with zero attached hydrogens (tertiary/aromatic N) is 1. The maximum atomic E-state index is 13.6. The topological polar surface area (TPSA) is 93.5 Å². The van der Waals surface area contributed by atoms with Gasteiger partial charge >= 0.3 is 0 Å². The number of ether oxygens (including phenoxy) is 1. The van der Waals surface area contributed by atoms with Crippen LogP contribution in [0.15, 0.2) is 94.0 Å². The summed E-state index contributed by atoms with van der Waals surface area (Å²) in [5.74, 6) is 0.909. The number of furan rings is 1. The van der Waals surface area contributed by atoms with Crippen LogP contribution in [-0.4, -0.2) is 23.8 Å². The third kappa shape index (κ3) is 3.90. The van der Waals surface area contributed by atoms with Crippen LogP contribution in [0.3, 0.4) is 0 Å². The highest BCUT2D eigenvalue weighted by Gasteiger charge is 2.42. The van der Waals surface area contributed by atoms with Gasteiger partial charge in [-0.2, -0.15) is 0 Å². The van der Waals surface area contributed by atoms with Gasteiger partial charge in [-0.15, -0.1) is 0 Å². The number of anilines is 1. The van der Waals surface area contributed by atoms with Crippen LogP contribution in [0.25, 0.3) is 0 Å². The molecule has 0 unspecified atom stereocenters. The van der Waals surface area contributed by atoms with E-state index in [1.165, 1.54) is 0 Å². The number of amides is 1. The molecule has 0 fully saturated rings. The first-order chi connectivity index (χ1) is 16.6. The van der Waals surface area contributed by atoms with Gasteiger partial charge in [0.15, 0.2) is 5.78 Å². The van der Waals surface area contributed by atoms with Crippen LogP contribution in [0, 0.1) is 0 Å². The number of para-hydroxylation sites is 1.